The summed E-state index contributed by atoms with van der Waals surface area (Å²) in [6, 6.07) is 34.2. The molecule has 194 valence electrons. The smallest absolute Gasteiger partial charge is 0.258 e. The van der Waals surface area contributed by atoms with E-state index in [9.17, 15) is 20.2 Å². The fraction of sp³-hybridized carbons (Fsp3) is 0.0588. The van der Waals surface area contributed by atoms with E-state index in [1.54, 1.807) is 48.5 Å². The minimum atomic E-state index is -0.387. The Hall–Kier alpha value is -5.36. The van der Waals surface area contributed by atoms with Crippen LogP contribution in [0, 0.1) is 34.1 Å². The number of nitrogens with zero attached hydrogens (tertiary/aromatic N) is 2. The fourth-order valence-electron chi connectivity index (χ4n) is 5.67. The molecule has 0 unspecified atom stereocenters. The Kier molecular flexibility index (Phi) is 6.08. The Morgan fingerprint density at radius 1 is 0.500 bits per heavy atom. The first kappa shape index (κ1) is 24.9. The van der Waals surface area contributed by atoms with Crippen LogP contribution in [-0.2, 0) is 0 Å². The summed E-state index contributed by atoms with van der Waals surface area (Å²) in [5.41, 5.74) is 8.28. The lowest BCUT2D eigenvalue weighted by molar-refractivity contribution is -0.385. The van der Waals surface area contributed by atoms with Crippen molar-refractivity contribution >= 4 is 32.9 Å². The molecule has 0 bridgehead atoms. The quantitative estimate of drug-likeness (QED) is 0.166. The van der Waals surface area contributed by atoms with E-state index in [4.69, 9.17) is 0 Å². The molecule has 6 aromatic rings. The number of fused-ring (bicyclic) bond motifs is 2. The van der Waals surface area contributed by atoms with Crippen LogP contribution in [0.5, 0.6) is 0 Å². The molecule has 0 atom stereocenters. The highest BCUT2D eigenvalue weighted by atomic mass is 16.6. The molecule has 6 rings (SSSR count). The molecule has 0 aromatic heterocycles. The lowest BCUT2D eigenvalue weighted by Crippen LogP contribution is -1.97. The number of non-ortho nitro benzene ring substituents is 2. The van der Waals surface area contributed by atoms with Crippen LogP contribution in [0.25, 0.3) is 54.9 Å². The molecule has 0 amide bonds. The third-order valence-electron chi connectivity index (χ3n) is 7.65. The first-order valence-electron chi connectivity index (χ1n) is 12.9. The second kappa shape index (κ2) is 9.75. The highest BCUT2D eigenvalue weighted by molar-refractivity contribution is 6.11. The fourth-order valence-corrected chi connectivity index (χ4v) is 5.67. The second-order valence-electron chi connectivity index (χ2n) is 9.90. The number of nitro benzene ring substituents is 2. The molecule has 6 aromatic carbocycles. The molecule has 6 nitrogen and oxygen atoms in total. The highest BCUT2D eigenvalue weighted by Crippen LogP contribution is 2.45. The molecule has 0 saturated heterocycles. The van der Waals surface area contributed by atoms with Crippen LogP contribution < -0.4 is 0 Å². The van der Waals surface area contributed by atoms with E-state index in [0.29, 0.717) is 0 Å². The van der Waals surface area contributed by atoms with Gasteiger partial charge in [-0.3, -0.25) is 20.2 Å². The summed E-state index contributed by atoms with van der Waals surface area (Å²) in [5.74, 6) is 0. The van der Waals surface area contributed by atoms with E-state index in [-0.39, 0.29) is 21.2 Å². The van der Waals surface area contributed by atoms with Crippen LogP contribution in [0.2, 0.25) is 0 Å². The van der Waals surface area contributed by atoms with Crippen molar-refractivity contribution in [3.8, 4) is 33.4 Å². The Balaban J connectivity index is 1.68. The molecular formula is C34H24N2O4. The number of nitro groups is 2. The molecule has 0 heterocycles. The minimum absolute atomic E-state index is 0.0556. The molecule has 0 radical (unpaired) electrons. The van der Waals surface area contributed by atoms with Crippen LogP contribution in [-0.4, -0.2) is 9.85 Å². The maximum absolute atomic E-state index is 11.3. The Labute approximate surface area is 230 Å². The van der Waals surface area contributed by atoms with Gasteiger partial charge in [0.05, 0.1) is 9.85 Å². The average molecular weight is 525 g/mol. The lowest BCUT2D eigenvalue weighted by atomic mass is 9.82. The largest absolute Gasteiger partial charge is 0.269 e. The van der Waals surface area contributed by atoms with Gasteiger partial charge < -0.3 is 0 Å². The minimum Gasteiger partial charge on any atom is -0.258 e. The van der Waals surface area contributed by atoms with Crippen molar-refractivity contribution in [2.75, 3.05) is 0 Å². The topological polar surface area (TPSA) is 86.3 Å². The third-order valence-corrected chi connectivity index (χ3v) is 7.65. The zero-order valence-electron chi connectivity index (χ0n) is 21.9. The van der Waals surface area contributed by atoms with Gasteiger partial charge in [-0.15, -0.1) is 0 Å². The highest BCUT2D eigenvalue weighted by Gasteiger charge is 2.20. The van der Waals surface area contributed by atoms with Gasteiger partial charge in [0.1, 0.15) is 0 Å². The SMILES string of the molecule is Cc1c(-c2ccc([N+](=O)[O-])cc2)cc2ccccc2c1-c1c(C)c(-c2ccc([N+](=O)[O-])cc2)cc2ccccc12. The van der Waals surface area contributed by atoms with E-state index in [1.807, 2.05) is 24.3 Å². The van der Waals surface area contributed by atoms with Crippen LogP contribution in [0.3, 0.4) is 0 Å². The molecule has 0 aliphatic carbocycles. The molecule has 0 N–H and O–H groups in total. The summed E-state index contributed by atoms with van der Waals surface area (Å²) in [7, 11) is 0. The van der Waals surface area contributed by atoms with Crippen molar-refractivity contribution in [1.29, 1.82) is 0 Å². The zero-order valence-corrected chi connectivity index (χ0v) is 21.9. The monoisotopic (exact) mass is 524 g/mol. The second-order valence-corrected chi connectivity index (χ2v) is 9.90. The molecule has 0 aliphatic heterocycles. The van der Waals surface area contributed by atoms with Gasteiger partial charge in [0.2, 0.25) is 0 Å². The number of benzene rings is 6. The van der Waals surface area contributed by atoms with E-state index in [0.717, 1.165) is 66.1 Å². The van der Waals surface area contributed by atoms with Crippen LogP contribution in [0.4, 0.5) is 11.4 Å². The summed E-state index contributed by atoms with van der Waals surface area (Å²) < 4.78 is 0. The lowest BCUT2D eigenvalue weighted by Gasteiger charge is -2.21. The van der Waals surface area contributed by atoms with Crippen molar-refractivity contribution in [2.45, 2.75) is 13.8 Å². The Morgan fingerprint density at radius 2 is 0.850 bits per heavy atom. The summed E-state index contributed by atoms with van der Waals surface area (Å²) in [6.45, 7) is 4.20. The molecule has 0 fully saturated rings. The zero-order chi connectivity index (χ0) is 28.0. The standard InChI is InChI=1S/C34H24N2O4/c1-21-31(23-11-15-27(16-12-23)35(37)38)19-25-7-3-5-9-29(25)33(21)34-22(2)32(20-26-8-4-6-10-30(26)34)24-13-17-28(18-14-24)36(39)40/h3-20H,1-2H3. The number of hydrogen-bond acceptors (Lipinski definition) is 4. The molecule has 6 heteroatoms. The maximum Gasteiger partial charge on any atom is 0.269 e. The molecule has 40 heavy (non-hydrogen) atoms. The Bertz CT molecular complexity index is 1820. The van der Waals surface area contributed by atoms with Gasteiger partial charge in [0.25, 0.3) is 11.4 Å². The molecule has 0 saturated carbocycles. The van der Waals surface area contributed by atoms with Gasteiger partial charge in [-0.25, -0.2) is 0 Å². The molecule has 0 aliphatic rings. The van der Waals surface area contributed by atoms with Crippen molar-refractivity contribution < 1.29 is 9.85 Å². The van der Waals surface area contributed by atoms with Gasteiger partial charge >= 0.3 is 0 Å². The molecular weight excluding hydrogens is 500 g/mol. The van der Waals surface area contributed by atoms with Gasteiger partial charge in [0.15, 0.2) is 0 Å². The van der Waals surface area contributed by atoms with Crippen molar-refractivity contribution in [3.63, 3.8) is 0 Å². The van der Waals surface area contributed by atoms with Gasteiger partial charge in [0, 0.05) is 24.3 Å². The average Bonchev–Trinajstić information content (AvgIpc) is 2.97. The molecule has 0 spiro atoms. The number of hydrogen-bond donors (Lipinski definition) is 0. The predicted octanol–water partition coefficient (Wildman–Crippen LogP) is 9.43. The van der Waals surface area contributed by atoms with Crippen molar-refractivity contribution in [1.82, 2.24) is 0 Å². The van der Waals surface area contributed by atoms with Crippen molar-refractivity contribution in [2.24, 2.45) is 0 Å². The maximum atomic E-state index is 11.3. The van der Waals surface area contributed by atoms with E-state index >= 15 is 0 Å². The third kappa shape index (κ3) is 4.16. The van der Waals surface area contributed by atoms with E-state index in [2.05, 4.69) is 50.2 Å². The van der Waals surface area contributed by atoms with E-state index in [1.165, 1.54) is 0 Å². The van der Waals surface area contributed by atoms with Gasteiger partial charge in [-0.2, -0.15) is 0 Å². The van der Waals surface area contributed by atoms with Crippen molar-refractivity contribution in [3.05, 3.63) is 141 Å². The summed E-state index contributed by atoms with van der Waals surface area (Å²) in [5, 5.41) is 26.9. The summed E-state index contributed by atoms with van der Waals surface area (Å²) >= 11 is 0. The van der Waals surface area contributed by atoms with Crippen LogP contribution in [0.1, 0.15) is 11.1 Å². The first-order valence-corrected chi connectivity index (χ1v) is 12.9. The summed E-state index contributed by atoms with van der Waals surface area (Å²) in [4.78, 5) is 21.8. The summed E-state index contributed by atoms with van der Waals surface area (Å²) in [6.07, 6.45) is 0. The van der Waals surface area contributed by atoms with Gasteiger partial charge in [-0.1, -0.05) is 48.5 Å². The van der Waals surface area contributed by atoms with Crippen LogP contribution >= 0.6 is 0 Å². The first-order chi connectivity index (χ1) is 19.3. The van der Waals surface area contributed by atoms with E-state index < -0.39 is 0 Å². The Morgan fingerprint density at radius 3 is 1.20 bits per heavy atom. The normalized spacial score (nSPS) is 11.2. The predicted molar refractivity (Wildman–Crippen MR) is 161 cm³/mol. The number of rotatable bonds is 5. The van der Waals surface area contributed by atoms with Crippen LogP contribution in [0.15, 0.2) is 109 Å². The van der Waals surface area contributed by atoms with Gasteiger partial charge in [-0.05, 0) is 116 Å².